The zero-order chi connectivity index (χ0) is 9.14. The monoisotopic (exact) mass is 224 g/mol. The van der Waals surface area contributed by atoms with Gasteiger partial charge in [0.2, 0.25) is 0 Å². The molecule has 0 aromatic carbocycles. The van der Waals surface area contributed by atoms with Gasteiger partial charge in [0.15, 0.2) is 11.1 Å². The van der Waals surface area contributed by atoms with E-state index in [-0.39, 0.29) is 5.75 Å². The number of carbonyl (C=O) groups is 1. The van der Waals surface area contributed by atoms with Crippen molar-refractivity contribution in [2.24, 2.45) is 0 Å². The van der Waals surface area contributed by atoms with E-state index in [2.05, 4.69) is 0 Å². The Morgan fingerprint density at radius 3 is 2.75 bits per heavy atom. The first kappa shape index (κ1) is 9.85. The van der Waals surface area contributed by atoms with Crippen LogP contribution in [0.3, 0.4) is 0 Å². The van der Waals surface area contributed by atoms with E-state index in [1.165, 1.54) is 0 Å². The molecule has 66 valence electrons. The summed E-state index contributed by atoms with van der Waals surface area (Å²) in [6, 6.07) is 3.16. The Morgan fingerprint density at radius 2 is 2.33 bits per heavy atom. The Morgan fingerprint density at radius 1 is 1.67 bits per heavy atom. The van der Waals surface area contributed by atoms with Gasteiger partial charge in [0.1, 0.15) is 0 Å². The first-order valence-corrected chi connectivity index (χ1v) is 5.42. The van der Waals surface area contributed by atoms with Crippen molar-refractivity contribution in [3.63, 3.8) is 0 Å². The predicted molar refractivity (Wildman–Crippen MR) is 49.0 cm³/mol. The number of rotatable bonds is 3. The highest BCUT2D eigenvalue weighted by Gasteiger charge is 2.07. The molecule has 1 aromatic rings. The predicted octanol–water partition coefficient (Wildman–Crippen LogP) is 1.85. The van der Waals surface area contributed by atoms with E-state index in [1.54, 1.807) is 12.1 Å². The molecule has 0 radical (unpaired) electrons. The fraction of sp³-hybridized carbons (Fsp3) is 0.167. The molecule has 1 N–H and O–H groups in total. The summed E-state index contributed by atoms with van der Waals surface area (Å²) in [5, 5.41) is -0.532. The van der Waals surface area contributed by atoms with Crippen LogP contribution in [0.4, 0.5) is 0 Å². The van der Waals surface area contributed by atoms with Crippen molar-refractivity contribution in [2.75, 3.05) is 0 Å². The molecule has 6 heteroatoms. The first-order valence-electron chi connectivity index (χ1n) is 2.95. The Hall–Kier alpha value is -0.230. The second kappa shape index (κ2) is 4.13. The summed E-state index contributed by atoms with van der Waals surface area (Å²) in [5.74, 6) is 0.0504. The van der Waals surface area contributed by atoms with E-state index in [9.17, 15) is 9.00 Å². The van der Waals surface area contributed by atoms with Crippen molar-refractivity contribution in [3.05, 3.63) is 21.9 Å². The van der Waals surface area contributed by atoms with E-state index < -0.39 is 16.3 Å². The molecule has 1 rings (SSSR count). The van der Waals surface area contributed by atoms with Gasteiger partial charge in [-0.2, -0.15) is 0 Å². The molecule has 3 nitrogen and oxygen atoms in total. The number of thiophene rings is 1. The van der Waals surface area contributed by atoms with Gasteiger partial charge >= 0.3 is 0 Å². The van der Waals surface area contributed by atoms with Crippen molar-refractivity contribution in [2.45, 2.75) is 5.75 Å². The Bertz CT molecular complexity index is 320. The van der Waals surface area contributed by atoms with Crippen LogP contribution in [0, 0.1) is 0 Å². The Balaban J connectivity index is 2.77. The molecule has 0 saturated carbocycles. The van der Waals surface area contributed by atoms with Crippen LogP contribution < -0.4 is 0 Å². The largest absolute Gasteiger partial charge is 0.306 e. The molecule has 1 unspecified atom stereocenters. The quantitative estimate of drug-likeness (QED) is 0.630. The van der Waals surface area contributed by atoms with Crippen LogP contribution in [0.1, 0.15) is 14.5 Å². The Kier molecular flexibility index (Phi) is 3.39. The average Bonchev–Trinajstić information content (AvgIpc) is 2.34. The van der Waals surface area contributed by atoms with Crippen molar-refractivity contribution in [3.8, 4) is 0 Å². The molecule has 0 spiro atoms. The van der Waals surface area contributed by atoms with Gasteiger partial charge in [-0.3, -0.25) is 4.79 Å². The maximum absolute atomic E-state index is 10.6. The van der Waals surface area contributed by atoms with Crippen LogP contribution in [-0.2, 0) is 16.8 Å². The van der Waals surface area contributed by atoms with Gasteiger partial charge in [-0.1, -0.05) is 0 Å². The van der Waals surface area contributed by atoms with E-state index in [0.29, 0.717) is 9.75 Å². The van der Waals surface area contributed by atoms with Crippen LogP contribution in [0.15, 0.2) is 12.1 Å². The molecule has 0 saturated heterocycles. The Labute approximate surface area is 80.6 Å². The fourth-order valence-electron chi connectivity index (χ4n) is 0.683. The highest BCUT2D eigenvalue weighted by atomic mass is 35.5. The molecule has 1 atom stereocenters. The first-order chi connectivity index (χ1) is 5.59. The molecule has 0 bridgehead atoms. The summed E-state index contributed by atoms with van der Waals surface area (Å²) in [6.07, 6.45) is 0. The number of hydrogen-bond acceptors (Lipinski definition) is 3. The molecule has 0 fully saturated rings. The van der Waals surface area contributed by atoms with E-state index in [0.717, 1.165) is 11.3 Å². The lowest BCUT2D eigenvalue weighted by molar-refractivity contribution is 0.108. The minimum absolute atomic E-state index is 0.0504. The molecular formula is C6H5ClO3S2. The summed E-state index contributed by atoms with van der Waals surface area (Å²) < 4.78 is 18.9. The van der Waals surface area contributed by atoms with E-state index in [4.69, 9.17) is 16.2 Å². The van der Waals surface area contributed by atoms with E-state index >= 15 is 0 Å². The molecular weight excluding hydrogens is 220 g/mol. The van der Waals surface area contributed by atoms with Gasteiger partial charge < -0.3 is 4.55 Å². The van der Waals surface area contributed by atoms with Gasteiger partial charge in [0, 0.05) is 4.88 Å². The van der Waals surface area contributed by atoms with Crippen molar-refractivity contribution < 1.29 is 13.6 Å². The highest BCUT2D eigenvalue weighted by Crippen LogP contribution is 2.19. The van der Waals surface area contributed by atoms with Crippen molar-refractivity contribution >= 4 is 39.3 Å². The van der Waals surface area contributed by atoms with Gasteiger partial charge in [-0.15, -0.1) is 11.3 Å². The average molecular weight is 225 g/mol. The topological polar surface area (TPSA) is 54.4 Å². The maximum atomic E-state index is 10.6. The lowest BCUT2D eigenvalue weighted by Gasteiger charge is -1.87. The summed E-state index contributed by atoms with van der Waals surface area (Å²) in [4.78, 5) is 11.7. The highest BCUT2D eigenvalue weighted by molar-refractivity contribution is 7.78. The molecule has 0 aliphatic carbocycles. The molecule has 12 heavy (non-hydrogen) atoms. The van der Waals surface area contributed by atoms with E-state index in [1.807, 2.05) is 0 Å². The van der Waals surface area contributed by atoms with Crippen molar-refractivity contribution in [1.29, 1.82) is 0 Å². The molecule has 1 aromatic heterocycles. The SMILES string of the molecule is O=C(Cl)c1ccc(CS(=O)O)s1. The molecule has 0 aliphatic heterocycles. The zero-order valence-corrected chi connectivity index (χ0v) is 8.21. The molecule has 1 heterocycles. The third-order valence-corrected chi connectivity index (χ3v) is 3.26. The summed E-state index contributed by atoms with van der Waals surface area (Å²) >= 11 is 4.46. The standard InChI is InChI=1S/C6H5ClO3S2/c7-6(8)5-2-1-4(11-5)3-12(9)10/h1-2H,3H2,(H,9,10). The van der Waals surface area contributed by atoms with Crippen LogP contribution in [0.25, 0.3) is 0 Å². The van der Waals surface area contributed by atoms with Gasteiger partial charge in [-0.05, 0) is 23.7 Å². The summed E-state index contributed by atoms with van der Waals surface area (Å²) in [5.41, 5.74) is 0. The number of hydrogen-bond donors (Lipinski definition) is 1. The number of carbonyl (C=O) groups excluding carboxylic acids is 1. The van der Waals surface area contributed by atoms with Gasteiger partial charge in [-0.25, -0.2) is 4.21 Å². The maximum Gasteiger partial charge on any atom is 0.262 e. The minimum atomic E-state index is -1.86. The van der Waals surface area contributed by atoms with Crippen LogP contribution in [0.5, 0.6) is 0 Å². The van der Waals surface area contributed by atoms with Crippen molar-refractivity contribution in [1.82, 2.24) is 0 Å². The second-order valence-corrected chi connectivity index (χ2v) is 4.45. The minimum Gasteiger partial charge on any atom is -0.306 e. The van der Waals surface area contributed by atoms with Crippen LogP contribution in [0.2, 0.25) is 0 Å². The lowest BCUT2D eigenvalue weighted by Crippen LogP contribution is -1.88. The normalized spacial score (nSPS) is 12.8. The zero-order valence-electron chi connectivity index (χ0n) is 5.82. The number of halogens is 1. The molecule has 0 aliphatic rings. The van der Waals surface area contributed by atoms with Gasteiger partial charge in [0.25, 0.3) is 5.24 Å². The smallest absolute Gasteiger partial charge is 0.262 e. The van der Waals surface area contributed by atoms with Crippen LogP contribution in [-0.4, -0.2) is 14.0 Å². The van der Waals surface area contributed by atoms with Crippen LogP contribution >= 0.6 is 22.9 Å². The van der Waals surface area contributed by atoms with Gasteiger partial charge in [0.05, 0.1) is 10.6 Å². The molecule has 0 amide bonds. The third-order valence-electron chi connectivity index (χ3n) is 1.12. The summed E-state index contributed by atoms with van der Waals surface area (Å²) in [7, 11) is 0. The third kappa shape index (κ3) is 2.67. The lowest BCUT2D eigenvalue weighted by atomic mass is 10.4. The second-order valence-electron chi connectivity index (χ2n) is 2.01. The fourth-order valence-corrected chi connectivity index (χ4v) is 2.37. The summed E-state index contributed by atoms with van der Waals surface area (Å²) in [6.45, 7) is 0.